The molecule has 1 N–H and O–H groups in total. The summed E-state index contributed by atoms with van der Waals surface area (Å²) in [7, 11) is -2.89. The summed E-state index contributed by atoms with van der Waals surface area (Å²) >= 11 is 3.44. The highest BCUT2D eigenvalue weighted by molar-refractivity contribution is 9.10. The first-order chi connectivity index (χ1) is 9.82. The van der Waals surface area contributed by atoms with Crippen molar-refractivity contribution in [2.75, 3.05) is 18.1 Å². The van der Waals surface area contributed by atoms with E-state index in [4.69, 9.17) is 0 Å². The molecule has 21 heavy (non-hydrogen) atoms. The van der Waals surface area contributed by atoms with E-state index in [1.807, 2.05) is 12.1 Å². The third-order valence-electron chi connectivity index (χ3n) is 3.53. The zero-order valence-corrected chi connectivity index (χ0v) is 15.5. The number of nitrogens with one attached hydrogen (secondary N) is 1. The predicted molar refractivity (Wildman–Crippen MR) is 93.4 cm³/mol. The Kier molecular flexibility index (Phi) is 7.92. The highest BCUT2D eigenvalue weighted by Crippen LogP contribution is 2.16. The lowest BCUT2D eigenvalue weighted by Gasteiger charge is -2.19. The van der Waals surface area contributed by atoms with E-state index in [0.717, 1.165) is 17.4 Å². The summed E-state index contributed by atoms with van der Waals surface area (Å²) in [5.74, 6) is 0.856. The maximum Gasteiger partial charge on any atom is 0.150 e. The maximum absolute atomic E-state index is 11.7. The average molecular weight is 376 g/mol. The first kappa shape index (κ1) is 18.7. The quantitative estimate of drug-likeness (QED) is 0.718. The molecule has 120 valence electrons. The van der Waals surface area contributed by atoms with Crippen LogP contribution in [0, 0.1) is 5.92 Å². The van der Waals surface area contributed by atoms with E-state index in [2.05, 4.69) is 47.2 Å². The molecular weight excluding hydrogens is 350 g/mol. The van der Waals surface area contributed by atoms with E-state index >= 15 is 0 Å². The van der Waals surface area contributed by atoms with Crippen LogP contribution in [-0.2, 0) is 16.3 Å². The molecule has 0 aromatic heterocycles. The fraction of sp³-hybridized carbons (Fsp3) is 0.625. The monoisotopic (exact) mass is 375 g/mol. The van der Waals surface area contributed by atoms with Crippen LogP contribution in [0.5, 0.6) is 0 Å². The SMILES string of the molecule is CCS(=O)(=O)CCC(CNC(C)C)Cc1ccc(Br)cc1. The Bertz CT molecular complexity index is 512. The third kappa shape index (κ3) is 7.98. The fourth-order valence-electron chi connectivity index (χ4n) is 2.12. The summed E-state index contributed by atoms with van der Waals surface area (Å²) in [6.07, 6.45) is 1.62. The van der Waals surface area contributed by atoms with Gasteiger partial charge in [0.2, 0.25) is 0 Å². The van der Waals surface area contributed by atoms with Crippen LogP contribution in [0.2, 0.25) is 0 Å². The molecule has 0 heterocycles. The van der Waals surface area contributed by atoms with Gasteiger partial charge in [0.25, 0.3) is 0 Å². The second kappa shape index (κ2) is 8.91. The van der Waals surface area contributed by atoms with Gasteiger partial charge in [0.1, 0.15) is 9.84 Å². The van der Waals surface area contributed by atoms with Crippen LogP contribution in [0.15, 0.2) is 28.7 Å². The average Bonchev–Trinajstić information content (AvgIpc) is 2.44. The van der Waals surface area contributed by atoms with Crippen molar-refractivity contribution in [2.45, 2.75) is 39.7 Å². The third-order valence-corrected chi connectivity index (χ3v) is 5.80. The van der Waals surface area contributed by atoms with Crippen molar-refractivity contribution >= 4 is 25.8 Å². The molecular formula is C16H26BrNO2S. The van der Waals surface area contributed by atoms with Crippen molar-refractivity contribution in [1.82, 2.24) is 5.32 Å². The summed E-state index contributed by atoms with van der Waals surface area (Å²) in [4.78, 5) is 0. The molecule has 0 aliphatic carbocycles. The predicted octanol–water partition coefficient (Wildman–Crippen LogP) is 3.43. The summed E-state index contributed by atoms with van der Waals surface area (Å²) in [6.45, 7) is 6.79. The van der Waals surface area contributed by atoms with E-state index in [1.54, 1.807) is 6.92 Å². The van der Waals surface area contributed by atoms with Crippen LogP contribution in [0.25, 0.3) is 0 Å². The first-order valence-corrected chi connectivity index (χ1v) is 10.1. The Balaban J connectivity index is 2.65. The molecule has 0 saturated carbocycles. The lowest BCUT2D eigenvalue weighted by molar-refractivity contribution is 0.435. The van der Waals surface area contributed by atoms with E-state index < -0.39 is 9.84 Å². The minimum absolute atomic E-state index is 0.232. The minimum atomic E-state index is -2.89. The van der Waals surface area contributed by atoms with Gasteiger partial charge in [-0.2, -0.15) is 0 Å². The normalized spacial score (nSPS) is 13.6. The summed E-state index contributed by atoms with van der Waals surface area (Å²) < 4.78 is 24.5. The Morgan fingerprint density at radius 3 is 2.33 bits per heavy atom. The van der Waals surface area contributed by atoms with Crippen molar-refractivity contribution in [3.63, 3.8) is 0 Å². The molecule has 0 aliphatic heterocycles. The molecule has 1 aromatic rings. The van der Waals surface area contributed by atoms with Crippen molar-refractivity contribution in [3.8, 4) is 0 Å². The van der Waals surface area contributed by atoms with E-state index in [0.29, 0.717) is 18.4 Å². The van der Waals surface area contributed by atoms with Crippen LogP contribution in [0.1, 0.15) is 32.8 Å². The zero-order valence-electron chi connectivity index (χ0n) is 13.1. The highest BCUT2D eigenvalue weighted by Gasteiger charge is 2.15. The Labute approximate surface area is 137 Å². The number of hydrogen-bond donors (Lipinski definition) is 1. The van der Waals surface area contributed by atoms with Crippen molar-refractivity contribution in [3.05, 3.63) is 34.3 Å². The van der Waals surface area contributed by atoms with Gasteiger partial charge >= 0.3 is 0 Å². The molecule has 1 rings (SSSR count). The minimum Gasteiger partial charge on any atom is -0.314 e. The molecule has 0 saturated heterocycles. The van der Waals surface area contributed by atoms with Crippen LogP contribution < -0.4 is 5.32 Å². The van der Waals surface area contributed by atoms with Gasteiger partial charge in [0, 0.05) is 16.3 Å². The molecule has 0 fully saturated rings. The van der Waals surface area contributed by atoms with Gasteiger partial charge in [-0.3, -0.25) is 0 Å². The van der Waals surface area contributed by atoms with E-state index in [-0.39, 0.29) is 11.5 Å². The molecule has 1 aromatic carbocycles. The smallest absolute Gasteiger partial charge is 0.150 e. The Morgan fingerprint density at radius 2 is 1.81 bits per heavy atom. The van der Waals surface area contributed by atoms with Crippen LogP contribution >= 0.6 is 15.9 Å². The molecule has 0 amide bonds. The molecule has 1 atom stereocenters. The molecule has 0 radical (unpaired) electrons. The van der Waals surface area contributed by atoms with Crippen LogP contribution in [0.3, 0.4) is 0 Å². The number of rotatable bonds is 9. The second-order valence-corrected chi connectivity index (χ2v) is 9.17. The topological polar surface area (TPSA) is 46.2 Å². The molecule has 3 nitrogen and oxygen atoms in total. The summed E-state index contributed by atoms with van der Waals surface area (Å²) in [5, 5.41) is 3.43. The van der Waals surface area contributed by atoms with Crippen LogP contribution in [-0.4, -0.2) is 32.5 Å². The van der Waals surface area contributed by atoms with Gasteiger partial charge in [-0.15, -0.1) is 0 Å². The number of sulfone groups is 1. The lowest BCUT2D eigenvalue weighted by Crippen LogP contribution is -2.31. The van der Waals surface area contributed by atoms with E-state index in [9.17, 15) is 8.42 Å². The Hall–Kier alpha value is -0.390. The van der Waals surface area contributed by atoms with Gasteiger partial charge in [-0.1, -0.05) is 48.8 Å². The molecule has 0 aliphatic rings. The Morgan fingerprint density at radius 1 is 1.19 bits per heavy atom. The van der Waals surface area contributed by atoms with Gasteiger partial charge in [-0.05, 0) is 43.0 Å². The van der Waals surface area contributed by atoms with Crippen molar-refractivity contribution in [1.29, 1.82) is 0 Å². The first-order valence-electron chi connectivity index (χ1n) is 7.50. The summed E-state index contributed by atoms with van der Waals surface area (Å²) in [5.41, 5.74) is 1.25. The number of hydrogen-bond acceptors (Lipinski definition) is 3. The van der Waals surface area contributed by atoms with Gasteiger partial charge < -0.3 is 5.32 Å². The van der Waals surface area contributed by atoms with E-state index in [1.165, 1.54) is 5.56 Å². The number of benzene rings is 1. The number of halogens is 1. The van der Waals surface area contributed by atoms with Crippen LogP contribution in [0.4, 0.5) is 0 Å². The second-order valence-electron chi connectivity index (χ2n) is 5.78. The van der Waals surface area contributed by atoms with Crippen molar-refractivity contribution in [2.24, 2.45) is 5.92 Å². The molecule has 0 bridgehead atoms. The lowest BCUT2D eigenvalue weighted by atomic mass is 9.96. The largest absolute Gasteiger partial charge is 0.314 e. The molecule has 5 heteroatoms. The maximum atomic E-state index is 11.7. The summed E-state index contributed by atoms with van der Waals surface area (Å²) in [6, 6.07) is 8.68. The highest BCUT2D eigenvalue weighted by atomic mass is 79.9. The fourth-order valence-corrected chi connectivity index (χ4v) is 3.37. The molecule has 0 spiro atoms. The van der Waals surface area contributed by atoms with Gasteiger partial charge in [-0.25, -0.2) is 8.42 Å². The van der Waals surface area contributed by atoms with Gasteiger partial charge in [0.15, 0.2) is 0 Å². The van der Waals surface area contributed by atoms with Crippen molar-refractivity contribution < 1.29 is 8.42 Å². The molecule has 1 unspecified atom stereocenters. The van der Waals surface area contributed by atoms with Gasteiger partial charge in [0.05, 0.1) is 5.75 Å². The standard InChI is InChI=1S/C16H26BrNO2S/c1-4-21(19,20)10-9-15(12-18-13(2)3)11-14-5-7-16(17)8-6-14/h5-8,13,15,18H,4,9-12H2,1-3H3. The zero-order chi connectivity index (χ0) is 15.9.